The van der Waals surface area contributed by atoms with Crippen LogP contribution in [-0.2, 0) is 4.79 Å². The number of benzene rings is 2. The van der Waals surface area contributed by atoms with Gasteiger partial charge in [-0.05, 0) is 61.4 Å². The number of anilines is 1. The molecule has 172 valence electrons. The second kappa shape index (κ2) is 8.43. The molecule has 1 saturated heterocycles. The van der Waals surface area contributed by atoms with Crippen LogP contribution in [0.2, 0.25) is 10.0 Å². The van der Waals surface area contributed by atoms with Gasteiger partial charge >= 0.3 is 6.03 Å². The Hall–Kier alpha value is -2.97. The van der Waals surface area contributed by atoms with Gasteiger partial charge in [0.1, 0.15) is 18.0 Å². The average molecular weight is 490 g/mol. The zero-order valence-electron chi connectivity index (χ0n) is 17.4. The molecule has 10 heteroatoms. The number of halogens is 2. The molecule has 5 rings (SSSR count). The van der Waals surface area contributed by atoms with E-state index in [1.165, 1.54) is 41.7 Å². The normalized spacial score (nSPS) is 23.7. The van der Waals surface area contributed by atoms with Crippen LogP contribution in [0, 0.1) is 11.8 Å². The quantitative estimate of drug-likeness (QED) is 0.537. The summed E-state index contributed by atoms with van der Waals surface area (Å²) in [5, 5.41) is 15.7. The van der Waals surface area contributed by atoms with Gasteiger partial charge in [-0.15, -0.1) is 0 Å². The van der Waals surface area contributed by atoms with Crippen molar-refractivity contribution in [2.45, 2.75) is 31.7 Å². The highest BCUT2D eigenvalue weighted by Crippen LogP contribution is 2.45. The summed E-state index contributed by atoms with van der Waals surface area (Å²) in [4.78, 5) is 37.4. The Morgan fingerprint density at radius 1 is 1.12 bits per heavy atom. The van der Waals surface area contributed by atoms with Gasteiger partial charge in [0.25, 0.3) is 5.91 Å². The lowest BCUT2D eigenvalue weighted by atomic mass is 9.95. The molecule has 2 aromatic carbocycles. The third-order valence-corrected chi connectivity index (χ3v) is 7.14. The molecule has 2 aliphatic carbocycles. The van der Waals surface area contributed by atoms with Crippen LogP contribution in [0.5, 0.6) is 17.2 Å². The minimum absolute atomic E-state index is 0.103. The van der Waals surface area contributed by atoms with E-state index < -0.39 is 11.9 Å². The Labute approximate surface area is 199 Å². The first-order chi connectivity index (χ1) is 15.8. The van der Waals surface area contributed by atoms with Gasteiger partial charge in [-0.1, -0.05) is 29.6 Å². The SMILES string of the molecule is O=C1CN(c2cc(Cl)c(Oc3ccc(O)c(C(=O)NC4CC5CCC4C5)c3)c(Cl)c2)C(=O)N1. The van der Waals surface area contributed by atoms with Crippen LogP contribution in [0.1, 0.15) is 36.0 Å². The van der Waals surface area contributed by atoms with Crippen molar-refractivity contribution in [2.75, 3.05) is 11.4 Å². The smallest absolute Gasteiger partial charge is 0.329 e. The Kier molecular flexibility index (Phi) is 5.58. The zero-order valence-corrected chi connectivity index (χ0v) is 18.9. The van der Waals surface area contributed by atoms with Crippen LogP contribution in [0.15, 0.2) is 30.3 Å². The second-order valence-corrected chi connectivity index (χ2v) is 9.53. The fourth-order valence-electron chi connectivity index (χ4n) is 5.00. The summed E-state index contributed by atoms with van der Waals surface area (Å²) in [6.45, 7) is -0.134. The van der Waals surface area contributed by atoms with Crippen LogP contribution >= 0.6 is 23.2 Å². The number of nitrogens with zero attached hydrogens (tertiary/aromatic N) is 1. The molecular formula is C23H21Cl2N3O5. The van der Waals surface area contributed by atoms with Gasteiger partial charge in [-0.2, -0.15) is 0 Å². The number of carbonyl (C=O) groups excluding carboxylic acids is 3. The molecule has 0 spiro atoms. The number of hydrogen-bond acceptors (Lipinski definition) is 5. The van der Waals surface area contributed by atoms with Crippen molar-refractivity contribution in [1.29, 1.82) is 0 Å². The number of phenols is 1. The summed E-state index contributed by atoms with van der Waals surface area (Å²) in [6.07, 6.45) is 4.49. The Balaban J connectivity index is 1.34. The molecular weight excluding hydrogens is 469 g/mol. The maximum atomic E-state index is 12.8. The lowest BCUT2D eigenvalue weighted by Crippen LogP contribution is -2.38. The molecule has 3 aliphatic rings. The predicted molar refractivity (Wildman–Crippen MR) is 122 cm³/mol. The minimum atomic E-state index is -0.564. The van der Waals surface area contributed by atoms with Gasteiger partial charge < -0.3 is 15.2 Å². The van der Waals surface area contributed by atoms with Gasteiger partial charge in [0, 0.05) is 11.7 Å². The molecule has 0 aromatic heterocycles. The third-order valence-electron chi connectivity index (χ3n) is 6.58. The molecule has 3 unspecified atom stereocenters. The molecule has 1 aliphatic heterocycles. The number of rotatable bonds is 5. The number of fused-ring (bicyclic) bond motifs is 2. The van der Waals surface area contributed by atoms with E-state index in [4.69, 9.17) is 27.9 Å². The zero-order chi connectivity index (χ0) is 23.3. The number of urea groups is 1. The van der Waals surface area contributed by atoms with Gasteiger partial charge in [-0.3, -0.25) is 19.8 Å². The minimum Gasteiger partial charge on any atom is -0.507 e. The number of amides is 4. The van der Waals surface area contributed by atoms with Crippen molar-refractivity contribution in [2.24, 2.45) is 11.8 Å². The van der Waals surface area contributed by atoms with Gasteiger partial charge in [0.15, 0.2) is 5.75 Å². The fourth-order valence-corrected chi connectivity index (χ4v) is 5.55. The third kappa shape index (κ3) is 4.20. The van der Waals surface area contributed by atoms with Crippen molar-refractivity contribution < 1.29 is 24.2 Å². The fraction of sp³-hybridized carbons (Fsp3) is 0.348. The number of phenolic OH excluding ortho intramolecular Hbond substituents is 1. The topological polar surface area (TPSA) is 108 Å². The lowest BCUT2D eigenvalue weighted by Gasteiger charge is -2.23. The van der Waals surface area contributed by atoms with Crippen LogP contribution in [0.25, 0.3) is 0 Å². The Morgan fingerprint density at radius 2 is 1.88 bits per heavy atom. The highest BCUT2D eigenvalue weighted by atomic mass is 35.5. The van der Waals surface area contributed by atoms with Crippen molar-refractivity contribution >= 4 is 46.7 Å². The summed E-state index contributed by atoms with van der Waals surface area (Å²) in [5.41, 5.74) is 0.448. The molecule has 3 N–H and O–H groups in total. The van der Waals surface area contributed by atoms with E-state index in [1.54, 1.807) is 0 Å². The first-order valence-corrected chi connectivity index (χ1v) is 11.5. The van der Waals surface area contributed by atoms with E-state index in [0.717, 1.165) is 19.3 Å². The van der Waals surface area contributed by atoms with Crippen molar-refractivity contribution in [1.82, 2.24) is 10.6 Å². The van der Waals surface area contributed by atoms with E-state index in [-0.39, 0.29) is 51.4 Å². The summed E-state index contributed by atoms with van der Waals surface area (Å²) < 4.78 is 5.83. The Bertz CT molecular complexity index is 1150. The van der Waals surface area contributed by atoms with Crippen LogP contribution in [0.3, 0.4) is 0 Å². The number of carbonyl (C=O) groups is 3. The lowest BCUT2D eigenvalue weighted by molar-refractivity contribution is -0.117. The number of imide groups is 1. The molecule has 2 aromatic rings. The molecule has 33 heavy (non-hydrogen) atoms. The molecule has 3 fully saturated rings. The molecule has 3 atom stereocenters. The van der Waals surface area contributed by atoms with E-state index >= 15 is 0 Å². The Morgan fingerprint density at radius 3 is 2.48 bits per heavy atom. The van der Waals surface area contributed by atoms with E-state index in [1.807, 2.05) is 0 Å². The van der Waals surface area contributed by atoms with Gasteiger partial charge in [0.2, 0.25) is 5.91 Å². The van der Waals surface area contributed by atoms with E-state index in [2.05, 4.69) is 10.6 Å². The van der Waals surface area contributed by atoms with Crippen molar-refractivity contribution in [3.63, 3.8) is 0 Å². The van der Waals surface area contributed by atoms with Gasteiger partial charge in [0.05, 0.1) is 15.6 Å². The summed E-state index contributed by atoms with van der Waals surface area (Å²) in [7, 11) is 0. The van der Waals surface area contributed by atoms with E-state index in [0.29, 0.717) is 17.5 Å². The van der Waals surface area contributed by atoms with E-state index in [9.17, 15) is 19.5 Å². The molecule has 0 radical (unpaired) electrons. The number of hydrogen-bond donors (Lipinski definition) is 3. The first kappa shape index (κ1) is 21.9. The van der Waals surface area contributed by atoms with Crippen molar-refractivity contribution in [3.05, 3.63) is 45.9 Å². The summed E-state index contributed by atoms with van der Waals surface area (Å²) in [5.74, 6) is 0.640. The maximum Gasteiger partial charge on any atom is 0.329 e. The van der Waals surface area contributed by atoms with Crippen molar-refractivity contribution in [3.8, 4) is 17.2 Å². The maximum absolute atomic E-state index is 12.8. The average Bonchev–Trinajstić information content (AvgIpc) is 3.47. The standard InChI is InChI=1S/C23H21Cl2N3O5/c24-16-7-13(28-10-20(30)27-23(28)32)8-17(25)21(16)33-14-3-4-19(29)15(9-14)22(31)26-18-6-11-1-2-12(18)5-11/h3-4,7-9,11-12,18,29H,1-2,5-6,10H2,(H,26,31)(H,27,30,32). The first-order valence-electron chi connectivity index (χ1n) is 10.7. The summed E-state index contributed by atoms with van der Waals surface area (Å²) in [6, 6.07) is 6.80. The molecule has 8 nitrogen and oxygen atoms in total. The second-order valence-electron chi connectivity index (χ2n) is 8.71. The molecule has 2 bridgehead atoms. The molecule has 2 saturated carbocycles. The number of ether oxygens (including phenoxy) is 1. The highest BCUT2D eigenvalue weighted by Gasteiger charge is 2.40. The highest BCUT2D eigenvalue weighted by molar-refractivity contribution is 6.38. The number of nitrogens with one attached hydrogen (secondary N) is 2. The van der Waals surface area contributed by atoms with Crippen LogP contribution in [0.4, 0.5) is 10.5 Å². The summed E-state index contributed by atoms with van der Waals surface area (Å²) >= 11 is 12.7. The molecule has 1 heterocycles. The number of aromatic hydroxyl groups is 1. The van der Waals surface area contributed by atoms with Crippen LogP contribution in [-0.4, -0.2) is 35.5 Å². The van der Waals surface area contributed by atoms with Gasteiger partial charge in [-0.25, -0.2) is 4.79 Å². The molecule has 4 amide bonds. The largest absolute Gasteiger partial charge is 0.507 e. The predicted octanol–water partition coefficient (Wildman–Crippen LogP) is 4.47. The van der Waals surface area contributed by atoms with Crippen LogP contribution < -0.4 is 20.3 Å². The monoisotopic (exact) mass is 489 g/mol.